The Kier molecular flexibility index (Phi) is 5.63. The normalized spacial score (nSPS) is 28.0. The second-order valence-corrected chi connectivity index (χ2v) is 11.7. The van der Waals surface area contributed by atoms with Crippen LogP contribution >= 0.6 is 11.6 Å². The number of anilines is 1. The van der Waals surface area contributed by atoms with E-state index in [1.165, 1.54) is 6.07 Å². The molecule has 37 heavy (non-hydrogen) atoms. The van der Waals surface area contributed by atoms with E-state index in [1.54, 1.807) is 42.1 Å². The molecule has 2 unspecified atom stereocenters. The van der Waals surface area contributed by atoms with Gasteiger partial charge in [-0.1, -0.05) is 29.8 Å². The molecule has 1 amide bonds. The van der Waals surface area contributed by atoms with Crippen molar-refractivity contribution >= 4 is 29.1 Å². The molecule has 4 fully saturated rings. The predicted octanol–water partition coefficient (Wildman–Crippen LogP) is 5.46. The van der Waals surface area contributed by atoms with Gasteiger partial charge in [0.1, 0.15) is 5.82 Å². The Hall–Kier alpha value is -3.27. The summed E-state index contributed by atoms with van der Waals surface area (Å²) in [7, 11) is 0. The second kappa shape index (κ2) is 8.65. The number of halogens is 2. The maximum absolute atomic E-state index is 14.0. The van der Waals surface area contributed by atoms with Crippen molar-refractivity contribution in [3.8, 4) is 0 Å². The SMILES string of the molecule is Cc1c(Cl)c([N+](=O)[O-])nn1C12CC3CC(CC(CC(=O)Nc4ccn(Cc5ccccc5F)n4)(C3)C1)C2. The van der Waals surface area contributed by atoms with Gasteiger partial charge in [-0.3, -0.25) is 9.48 Å². The highest BCUT2D eigenvalue weighted by Crippen LogP contribution is 2.65. The molecule has 3 aromatic rings. The molecular formula is C26H28ClFN6O3. The van der Waals surface area contributed by atoms with Crippen LogP contribution in [-0.4, -0.2) is 30.4 Å². The van der Waals surface area contributed by atoms with Crippen LogP contribution in [0.15, 0.2) is 36.5 Å². The van der Waals surface area contributed by atoms with Gasteiger partial charge in [-0.25, -0.2) is 4.39 Å². The third-order valence-electron chi connectivity index (χ3n) is 8.53. The summed E-state index contributed by atoms with van der Waals surface area (Å²) < 4.78 is 17.4. The highest BCUT2D eigenvalue weighted by atomic mass is 35.5. The van der Waals surface area contributed by atoms with Gasteiger partial charge < -0.3 is 15.4 Å². The fourth-order valence-corrected chi connectivity index (χ4v) is 7.94. The number of benzene rings is 1. The molecule has 194 valence electrons. The van der Waals surface area contributed by atoms with Gasteiger partial charge >= 0.3 is 5.82 Å². The molecule has 9 nitrogen and oxygen atoms in total. The third kappa shape index (κ3) is 4.21. The number of carbonyl (C=O) groups excluding carboxylic acids is 1. The number of amides is 1. The van der Waals surface area contributed by atoms with Crippen molar-refractivity contribution < 1.29 is 14.1 Å². The molecule has 1 N–H and O–H groups in total. The van der Waals surface area contributed by atoms with Crippen molar-refractivity contribution in [3.05, 3.63) is 68.7 Å². The van der Waals surface area contributed by atoms with Gasteiger partial charge in [0.25, 0.3) is 0 Å². The maximum Gasteiger partial charge on any atom is 0.408 e. The lowest BCUT2D eigenvalue weighted by Crippen LogP contribution is -2.57. The standard InChI is InChI=1S/C26H28ClFN6O3/c1-16-23(27)24(34(36)37)31-33(16)26-11-17-8-18(12-26)10-25(9-17,15-26)13-22(35)29-21-6-7-32(30-21)14-19-4-2-3-5-20(19)28/h2-7,17-18H,8-15H2,1H3,(H,29,30,35). The van der Waals surface area contributed by atoms with Gasteiger partial charge in [-0.2, -0.15) is 9.78 Å². The molecule has 11 heteroatoms. The molecule has 0 radical (unpaired) electrons. The van der Waals surface area contributed by atoms with E-state index in [4.69, 9.17) is 11.6 Å². The van der Waals surface area contributed by atoms with Crippen molar-refractivity contribution in [3.63, 3.8) is 0 Å². The molecular weight excluding hydrogens is 499 g/mol. The monoisotopic (exact) mass is 526 g/mol. The molecule has 0 aliphatic heterocycles. The number of rotatable bonds is 7. The number of hydrogen-bond donors (Lipinski definition) is 1. The van der Waals surface area contributed by atoms with E-state index < -0.39 is 4.92 Å². The Bertz CT molecular complexity index is 1390. The lowest BCUT2D eigenvalue weighted by atomic mass is 9.46. The number of hydrogen-bond acceptors (Lipinski definition) is 5. The van der Waals surface area contributed by atoms with E-state index in [1.807, 2.05) is 4.68 Å². The van der Waals surface area contributed by atoms with E-state index in [-0.39, 0.29) is 40.1 Å². The highest BCUT2D eigenvalue weighted by Gasteiger charge is 2.60. The van der Waals surface area contributed by atoms with Crippen molar-refractivity contribution in [1.82, 2.24) is 19.6 Å². The molecule has 2 aromatic heterocycles. The van der Waals surface area contributed by atoms with Crippen molar-refractivity contribution in [2.45, 2.75) is 64.0 Å². The lowest BCUT2D eigenvalue weighted by Gasteiger charge is -2.61. The van der Waals surface area contributed by atoms with Crippen LogP contribution in [0.25, 0.3) is 0 Å². The third-order valence-corrected chi connectivity index (χ3v) is 8.98. The summed E-state index contributed by atoms with van der Waals surface area (Å²) in [6.07, 6.45) is 7.70. The minimum absolute atomic E-state index is 0.0958. The zero-order valence-corrected chi connectivity index (χ0v) is 21.2. The van der Waals surface area contributed by atoms with Crippen LogP contribution < -0.4 is 5.32 Å². The fraction of sp³-hybridized carbons (Fsp3) is 0.500. The molecule has 4 aliphatic carbocycles. The summed E-state index contributed by atoms with van der Waals surface area (Å²) in [5, 5.41) is 23.3. The first-order valence-corrected chi connectivity index (χ1v) is 13.0. The summed E-state index contributed by atoms with van der Waals surface area (Å²) >= 11 is 6.30. The minimum Gasteiger partial charge on any atom is -0.358 e. The summed E-state index contributed by atoms with van der Waals surface area (Å²) in [6, 6.07) is 8.26. The molecule has 7 rings (SSSR count). The van der Waals surface area contributed by atoms with E-state index in [0.29, 0.717) is 35.3 Å². The van der Waals surface area contributed by atoms with Gasteiger partial charge in [0.2, 0.25) is 5.91 Å². The molecule has 2 heterocycles. The number of nitrogens with one attached hydrogen (secondary N) is 1. The van der Waals surface area contributed by atoms with Gasteiger partial charge in [0.15, 0.2) is 10.8 Å². The lowest BCUT2D eigenvalue weighted by molar-refractivity contribution is -0.389. The van der Waals surface area contributed by atoms with Gasteiger partial charge in [-0.15, -0.1) is 0 Å². The van der Waals surface area contributed by atoms with Crippen molar-refractivity contribution in [1.29, 1.82) is 0 Å². The molecule has 1 aromatic carbocycles. The Morgan fingerprint density at radius 1 is 1.22 bits per heavy atom. The second-order valence-electron chi connectivity index (χ2n) is 11.3. The molecule has 4 saturated carbocycles. The summed E-state index contributed by atoms with van der Waals surface area (Å²) in [6.45, 7) is 2.06. The average molecular weight is 527 g/mol. The van der Waals surface area contributed by atoms with Gasteiger partial charge in [0.05, 0.1) is 22.9 Å². The molecule has 0 spiro atoms. The van der Waals surface area contributed by atoms with Crippen LogP contribution in [0.5, 0.6) is 0 Å². The molecule has 4 bridgehead atoms. The number of nitrogens with zero attached hydrogens (tertiary/aromatic N) is 5. The van der Waals surface area contributed by atoms with E-state index in [9.17, 15) is 19.3 Å². The smallest absolute Gasteiger partial charge is 0.358 e. The quantitative estimate of drug-likeness (QED) is 0.325. The van der Waals surface area contributed by atoms with Gasteiger partial charge in [-0.05, 0) is 73.7 Å². The Morgan fingerprint density at radius 3 is 2.62 bits per heavy atom. The average Bonchev–Trinajstić information content (AvgIpc) is 3.38. The molecule has 0 saturated heterocycles. The number of carbonyl (C=O) groups is 1. The minimum atomic E-state index is -0.527. The zero-order chi connectivity index (χ0) is 25.9. The number of aromatic nitrogens is 4. The van der Waals surface area contributed by atoms with Crippen LogP contribution in [0.3, 0.4) is 0 Å². The van der Waals surface area contributed by atoms with Crippen LogP contribution in [0.1, 0.15) is 56.2 Å². The maximum atomic E-state index is 14.0. The Labute approximate surface area is 218 Å². The number of nitro groups is 1. The van der Waals surface area contributed by atoms with Gasteiger partial charge in [0, 0.05) is 24.2 Å². The van der Waals surface area contributed by atoms with Crippen LogP contribution in [0.4, 0.5) is 16.0 Å². The largest absolute Gasteiger partial charge is 0.408 e. The van der Waals surface area contributed by atoms with Crippen LogP contribution in [0.2, 0.25) is 5.02 Å². The van der Waals surface area contributed by atoms with E-state index >= 15 is 0 Å². The first-order valence-electron chi connectivity index (χ1n) is 12.6. The summed E-state index contributed by atoms with van der Waals surface area (Å²) in [5.41, 5.74) is 0.601. The van der Waals surface area contributed by atoms with Crippen LogP contribution in [-0.2, 0) is 16.9 Å². The highest BCUT2D eigenvalue weighted by molar-refractivity contribution is 6.33. The van der Waals surface area contributed by atoms with Crippen molar-refractivity contribution in [2.75, 3.05) is 5.32 Å². The van der Waals surface area contributed by atoms with E-state index in [2.05, 4.69) is 15.5 Å². The predicted molar refractivity (Wildman–Crippen MR) is 135 cm³/mol. The topological polar surface area (TPSA) is 108 Å². The summed E-state index contributed by atoms with van der Waals surface area (Å²) in [5.74, 6) is 0.650. The Balaban J connectivity index is 1.19. The van der Waals surface area contributed by atoms with Crippen molar-refractivity contribution in [2.24, 2.45) is 17.3 Å². The fourth-order valence-electron chi connectivity index (χ4n) is 7.75. The molecule has 2 atom stereocenters. The summed E-state index contributed by atoms with van der Waals surface area (Å²) in [4.78, 5) is 24.2. The van der Waals surface area contributed by atoms with Crippen LogP contribution in [0, 0.1) is 40.1 Å². The zero-order valence-electron chi connectivity index (χ0n) is 20.5. The first kappa shape index (κ1) is 24.1. The first-order chi connectivity index (χ1) is 17.7. The van der Waals surface area contributed by atoms with E-state index in [0.717, 1.165) is 38.5 Å². The Morgan fingerprint density at radius 2 is 1.95 bits per heavy atom. The molecule has 4 aliphatic rings.